The van der Waals surface area contributed by atoms with E-state index in [1.165, 1.54) is 0 Å². The first kappa shape index (κ1) is 23.5. The average molecular weight is 350 g/mol. The van der Waals surface area contributed by atoms with E-state index >= 15 is 0 Å². The summed E-state index contributed by atoms with van der Waals surface area (Å²) in [4.78, 5) is 14.3. The van der Waals surface area contributed by atoms with E-state index in [4.69, 9.17) is 5.73 Å². The van der Waals surface area contributed by atoms with Crippen molar-refractivity contribution in [3.63, 3.8) is 0 Å². The number of halogens is 2. The van der Waals surface area contributed by atoms with Crippen LogP contribution in [0.4, 0.5) is 0 Å². The first-order valence-corrected chi connectivity index (χ1v) is 7.21. The van der Waals surface area contributed by atoms with E-state index in [-0.39, 0.29) is 36.3 Å². The second-order valence-electron chi connectivity index (χ2n) is 5.69. The number of carbonyl (C=O) groups is 1. The highest BCUT2D eigenvalue weighted by molar-refractivity contribution is 5.94. The number of amides is 1. The summed E-state index contributed by atoms with van der Waals surface area (Å²) in [5.74, 6) is -0.0534. The van der Waals surface area contributed by atoms with E-state index in [9.17, 15) is 4.79 Å². The minimum atomic E-state index is -0.309. The summed E-state index contributed by atoms with van der Waals surface area (Å²) in [6.45, 7) is 5.43. The molecular weight excluding hydrogens is 321 g/mol. The largest absolute Gasteiger partial charge is 0.350 e. The number of nitrogens with zero attached hydrogens (tertiary/aromatic N) is 1. The molecular formula is C16H29Cl2N3O. The molecule has 1 rings (SSSR count). The monoisotopic (exact) mass is 349 g/mol. The second kappa shape index (κ2) is 10.8. The minimum absolute atomic E-state index is 0. The zero-order valence-corrected chi connectivity index (χ0v) is 15.5. The van der Waals surface area contributed by atoms with Crippen LogP contribution in [0.5, 0.6) is 0 Å². The molecule has 0 bridgehead atoms. The van der Waals surface area contributed by atoms with Crippen LogP contribution in [-0.2, 0) is 6.54 Å². The van der Waals surface area contributed by atoms with Gasteiger partial charge in [-0.1, -0.05) is 26.0 Å². The number of carbonyl (C=O) groups excluding carboxylic acids is 1. The van der Waals surface area contributed by atoms with Crippen LogP contribution in [0.15, 0.2) is 24.3 Å². The summed E-state index contributed by atoms with van der Waals surface area (Å²) in [7, 11) is 4.02. The lowest BCUT2D eigenvalue weighted by Crippen LogP contribution is -2.49. The summed E-state index contributed by atoms with van der Waals surface area (Å²) in [6.07, 6.45) is 1.70. The van der Waals surface area contributed by atoms with Crippen LogP contribution in [0, 0.1) is 0 Å². The number of benzene rings is 1. The van der Waals surface area contributed by atoms with E-state index in [1.807, 2.05) is 52.2 Å². The van der Waals surface area contributed by atoms with Crippen molar-refractivity contribution in [2.45, 2.75) is 38.8 Å². The van der Waals surface area contributed by atoms with Gasteiger partial charge in [-0.2, -0.15) is 0 Å². The van der Waals surface area contributed by atoms with E-state index in [0.29, 0.717) is 12.1 Å². The number of hydrogen-bond donors (Lipinski definition) is 2. The van der Waals surface area contributed by atoms with Gasteiger partial charge in [-0.3, -0.25) is 4.79 Å². The van der Waals surface area contributed by atoms with E-state index in [1.54, 1.807) is 0 Å². The molecule has 0 fully saturated rings. The average Bonchev–Trinajstić information content (AvgIpc) is 2.44. The summed E-state index contributed by atoms with van der Waals surface area (Å²) in [5, 5.41) is 2.94. The summed E-state index contributed by atoms with van der Waals surface area (Å²) < 4.78 is 0. The van der Waals surface area contributed by atoms with Gasteiger partial charge in [0.1, 0.15) is 0 Å². The second-order valence-corrected chi connectivity index (χ2v) is 5.69. The first-order valence-electron chi connectivity index (χ1n) is 7.21. The summed E-state index contributed by atoms with van der Waals surface area (Å²) in [5.41, 5.74) is 7.71. The number of nitrogens with one attached hydrogen (secondary N) is 1. The third-order valence-corrected chi connectivity index (χ3v) is 3.70. The van der Waals surface area contributed by atoms with Crippen molar-refractivity contribution >= 4 is 30.7 Å². The number of rotatable bonds is 7. The van der Waals surface area contributed by atoms with Gasteiger partial charge in [0.15, 0.2) is 0 Å². The van der Waals surface area contributed by atoms with Crippen LogP contribution in [-0.4, -0.2) is 37.0 Å². The van der Waals surface area contributed by atoms with Crippen LogP contribution in [0.2, 0.25) is 0 Å². The number of nitrogens with two attached hydrogens (primary N) is 1. The Morgan fingerprint density at radius 1 is 1.23 bits per heavy atom. The van der Waals surface area contributed by atoms with Crippen LogP contribution >= 0.6 is 24.8 Å². The zero-order valence-electron chi connectivity index (χ0n) is 13.9. The molecule has 4 nitrogen and oxygen atoms in total. The van der Waals surface area contributed by atoms with Gasteiger partial charge in [-0.25, -0.2) is 0 Å². The van der Waals surface area contributed by atoms with Crippen molar-refractivity contribution in [1.29, 1.82) is 0 Å². The highest BCUT2D eigenvalue weighted by Gasteiger charge is 2.21. The predicted octanol–water partition coefficient (Wildman–Crippen LogP) is 2.84. The molecule has 0 unspecified atom stereocenters. The molecule has 0 radical (unpaired) electrons. The highest BCUT2D eigenvalue weighted by Crippen LogP contribution is 2.11. The quantitative estimate of drug-likeness (QED) is 0.795. The fraction of sp³-hybridized carbons (Fsp3) is 0.562. The van der Waals surface area contributed by atoms with Gasteiger partial charge >= 0.3 is 0 Å². The summed E-state index contributed by atoms with van der Waals surface area (Å²) >= 11 is 0. The highest BCUT2D eigenvalue weighted by atomic mass is 35.5. The van der Waals surface area contributed by atoms with Gasteiger partial charge in [0.2, 0.25) is 0 Å². The Morgan fingerprint density at radius 3 is 2.32 bits per heavy atom. The Hall–Kier alpha value is -0.810. The van der Waals surface area contributed by atoms with Crippen LogP contribution in [0.3, 0.4) is 0 Å². The lowest BCUT2D eigenvalue weighted by Gasteiger charge is -2.26. The van der Waals surface area contributed by atoms with Crippen molar-refractivity contribution in [3.05, 3.63) is 35.4 Å². The molecule has 1 amide bonds. The lowest BCUT2D eigenvalue weighted by molar-refractivity contribution is 0.0942. The standard InChI is InChI=1S/C16H27N3O.2ClH/c1-5-16(17,6-2)12-18-15(20)14-9-7-8-13(10-14)11-19(3)4;;/h7-10H,5-6,11-12,17H2,1-4H3,(H,18,20);2*1H. The van der Waals surface area contributed by atoms with Gasteiger partial charge in [-0.15, -0.1) is 24.8 Å². The SMILES string of the molecule is CCC(N)(CC)CNC(=O)c1cccc(CN(C)C)c1.Cl.Cl. The van der Waals surface area contributed by atoms with Gasteiger partial charge in [0.25, 0.3) is 5.91 Å². The molecule has 0 aromatic heterocycles. The molecule has 0 atom stereocenters. The van der Waals surface area contributed by atoms with Crippen molar-refractivity contribution in [2.75, 3.05) is 20.6 Å². The maximum Gasteiger partial charge on any atom is 0.251 e. The molecule has 0 saturated carbocycles. The van der Waals surface area contributed by atoms with Crippen LogP contribution < -0.4 is 11.1 Å². The predicted molar refractivity (Wildman–Crippen MR) is 98.2 cm³/mol. The number of hydrogen-bond acceptors (Lipinski definition) is 3. The molecule has 22 heavy (non-hydrogen) atoms. The molecule has 6 heteroatoms. The molecule has 0 heterocycles. The third kappa shape index (κ3) is 7.45. The molecule has 0 saturated heterocycles. The smallest absolute Gasteiger partial charge is 0.251 e. The van der Waals surface area contributed by atoms with Crippen LogP contribution in [0.1, 0.15) is 42.6 Å². The lowest BCUT2D eigenvalue weighted by atomic mass is 9.94. The minimum Gasteiger partial charge on any atom is -0.350 e. The van der Waals surface area contributed by atoms with Crippen molar-refractivity contribution in [1.82, 2.24) is 10.2 Å². The van der Waals surface area contributed by atoms with Gasteiger partial charge in [-0.05, 0) is 44.6 Å². The van der Waals surface area contributed by atoms with Gasteiger partial charge in [0.05, 0.1) is 0 Å². The van der Waals surface area contributed by atoms with Gasteiger partial charge in [0, 0.05) is 24.2 Å². The molecule has 128 valence electrons. The van der Waals surface area contributed by atoms with Crippen molar-refractivity contribution in [2.24, 2.45) is 5.73 Å². The Labute approximate surface area is 146 Å². The van der Waals surface area contributed by atoms with Crippen molar-refractivity contribution in [3.8, 4) is 0 Å². The third-order valence-electron chi connectivity index (χ3n) is 3.70. The Balaban J connectivity index is 0. The van der Waals surface area contributed by atoms with E-state index in [2.05, 4.69) is 10.2 Å². The Bertz CT molecular complexity index is 449. The Kier molecular flexibility index (Phi) is 11.6. The van der Waals surface area contributed by atoms with Crippen LogP contribution in [0.25, 0.3) is 0 Å². The fourth-order valence-electron chi connectivity index (χ4n) is 2.03. The van der Waals surface area contributed by atoms with E-state index < -0.39 is 0 Å². The molecule has 0 aliphatic rings. The molecule has 3 N–H and O–H groups in total. The Morgan fingerprint density at radius 2 is 1.82 bits per heavy atom. The molecule has 0 aliphatic heterocycles. The maximum absolute atomic E-state index is 12.2. The zero-order chi connectivity index (χ0) is 15.2. The molecule has 0 spiro atoms. The topological polar surface area (TPSA) is 58.4 Å². The normalized spacial score (nSPS) is 10.6. The molecule has 1 aromatic carbocycles. The van der Waals surface area contributed by atoms with Crippen molar-refractivity contribution < 1.29 is 4.79 Å². The maximum atomic E-state index is 12.2. The molecule has 0 aliphatic carbocycles. The fourth-order valence-corrected chi connectivity index (χ4v) is 2.03. The van der Waals surface area contributed by atoms with E-state index in [0.717, 1.165) is 24.9 Å². The molecule has 1 aromatic rings. The first-order chi connectivity index (χ1) is 9.40. The summed E-state index contributed by atoms with van der Waals surface area (Å²) in [6, 6.07) is 7.72. The van der Waals surface area contributed by atoms with Gasteiger partial charge < -0.3 is 16.0 Å².